The van der Waals surface area contributed by atoms with Crippen molar-refractivity contribution < 1.29 is 0 Å². The van der Waals surface area contributed by atoms with Gasteiger partial charge in [-0.15, -0.1) is 0 Å². The molecule has 110 valence electrons. The highest BCUT2D eigenvalue weighted by molar-refractivity contribution is 9.10. The number of hydrogen-bond donors (Lipinski definition) is 3. The molecular formula is C16H19BrN4. The van der Waals surface area contributed by atoms with Crippen LogP contribution in [0.4, 0.5) is 0 Å². The summed E-state index contributed by atoms with van der Waals surface area (Å²) in [6.45, 7) is 7.23. The third kappa shape index (κ3) is 2.76. The van der Waals surface area contributed by atoms with E-state index in [2.05, 4.69) is 75.4 Å². The summed E-state index contributed by atoms with van der Waals surface area (Å²) in [4.78, 5) is 3.41. The molecular weight excluding hydrogens is 328 g/mol. The van der Waals surface area contributed by atoms with E-state index in [1.165, 1.54) is 27.7 Å². The first kappa shape index (κ1) is 14.4. The number of hydrogen-bond acceptors (Lipinski definition) is 2. The number of aromatic amines is 2. The second kappa shape index (κ2) is 5.66. The number of benzene rings is 1. The van der Waals surface area contributed by atoms with Crippen molar-refractivity contribution in [3.05, 3.63) is 51.4 Å². The van der Waals surface area contributed by atoms with Crippen molar-refractivity contribution in [3.63, 3.8) is 0 Å². The number of nitrogens with zero attached hydrogens (tertiary/aromatic N) is 1. The van der Waals surface area contributed by atoms with Gasteiger partial charge in [-0.2, -0.15) is 5.10 Å². The standard InChI is InChI=1S/C16H19BrN4/c1-9-10(2)20-15-5-4-12(6-13(9)15)7-18-11(3)16-14(17)8-19-21-16/h4-6,8,11,18,20H,7H2,1-3H3,(H,19,21). The molecule has 0 bridgehead atoms. The minimum Gasteiger partial charge on any atom is -0.358 e. The van der Waals surface area contributed by atoms with E-state index in [0.717, 1.165) is 16.7 Å². The summed E-state index contributed by atoms with van der Waals surface area (Å²) >= 11 is 3.50. The van der Waals surface area contributed by atoms with Crippen molar-refractivity contribution in [3.8, 4) is 0 Å². The van der Waals surface area contributed by atoms with E-state index in [1.807, 2.05) is 0 Å². The Balaban J connectivity index is 1.76. The third-order valence-corrected chi connectivity index (χ3v) is 4.67. The predicted octanol–water partition coefficient (Wildman–Crippen LogP) is 4.12. The minimum absolute atomic E-state index is 0.214. The van der Waals surface area contributed by atoms with Crippen LogP contribution in [0.5, 0.6) is 0 Å². The second-order valence-corrected chi connectivity index (χ2v) is 6.34. The molecule has 3 rings (SSSR count). The molecule has 1 atom stereocenters. The molecule has 2 aromatic heterocycles. The van der Waals surface area contributed by atoms with Crippen molar-refractivity contribution >= 4 is 26.8 Å². The first-order valence-electron chi connectivity index (χ1n) is 7.06. The van der Waals surface area contributed by atoms with Gasteiger partial charge in [-0.3, -0.25) is 5.10 Å². The lowest BCUT2D eigenvalue weighted by Gasteiger charge is -2.13. The van der Waals surface area contributed by atoms with E-state index >= 15 is 0 Å². The van der Waals surface area contributed by atoms with Crippen LogP contribution in [0.25, 0.3) is 10.9 Å². The fourth-order valence-corrected chi connectivity index (χ4v) is 3.11. The number of H-pyrrole nitrogens is 2. The Morgan fingerprint density at radius 2 is 2.14 bits per heavy atom. The van der Waals surface area contributed by atoms with Crippen LogP contribution >= 0.6 is 15.9 Å². The highest BCUT2D eigenvalue weighted by Crippen LogP contribution is 2.23. The molecule has 2 heterocycles. The van der Waals surface area contributed by atoms with E-state index in [1.54, 1.807) is 6.20 Å². The quantitative estimate of drug-likeness (QED) is 0.665. The first-order chi connectivity index (χ1) is 10.1. The van der Waals surface area contributed by atoms with Gasteiger partial charge in [0.05, 0.1) is 16.4 Å². The molecule has 3 aromatic rings. The van der Waals surface area contributed by atoms with Crippen molar-refractivity contribution in [1.29, 1.82) is 0 Å². The summed E-state index contributed by atoms with van der Waals surface area (Å²) < 4.78 is 1.01. The molecule has 0 aliphatic heterocycles. The summed E-state index contributed by atoms with van der Waals surface area (Å²) in [6, 6.07) is 6.80. The molecule has 4 nitrogen and oxygen atoms in total. The van der Waals surface area contributed by atoms with E-state index in [0.29, 0.717) is 0 Å². The number of aromatic nitrogens is 3. The van der Waals surface area contributed by atoms with Crippen molar-refractivity contribution in [2.45, 2.75) is 33.4 Å². The van der Waals surface area contributed by atoms with Gasteiger partial charge < -0.3 is 10.3 Å². The molecule has 0 saturated heterocycles. The maximum atomic E-state index is 4.04. The van der Waals surface area contributed by atoms with Crippen LogP contribution in [0.1, 0.15) is 35.5 Å². The molecule has 0 aliphatic rings. The Bertz CT molecular complexity index is 772. The Hall–Kier alpha value is -1.59. The smallest absolute Gasteiger partial charge is 0.0660 e. The summed E-state index contributed by atoms with van der Waals surface area (Å²) in [6.07, 6.45) is 1.78. The number of fused-ring (bicyclic) bond motifs is 1. The van der Waals surface area contributed by atoms with Crippen LogP contribution < -0.4 is 5.32 Å². The van der Waals surface area contributed by atoms with Crippen LogP contribution in [0.15, 0.2) is 28.9 Å². The number of aryl methyl sites for hydroxylation is 2. The van der Waals surface area contributed by atoms with Gasteiger partial charge >= 0.3 is 0 Å². The Kier molecular flexibility index (Phi) is 3.87. The SMILES string of the molecule is Cc1[nH]c2ccc(CNC(C)c3[nH]ncc3Br)cc2c1C. The molecule has 0 fully saturated rings. The lowest BCUT2D eigenvalue weighted by molar-refractivity contribution is 0.558. The predicted molar refractivity (Wildman–Crippen MR) is 89.3 cm³/mol. The zero-order valence-corrected chi connectivity index (χ0v) is 14.0. The zero-order valence-electron chi connectivity index (χ0n) is 12.4. The molecule has 5 heteroatoms. The Labute approximate surface area is 132 Å². The topological polar surface area (TPSA) is 56.5 Å². The van der Waals surface area contributed by atoms with Crippen molar-refractivity contribution in [1.82, 2.24) is 20.5 Å². The Morgan fingerprint density at radius 3 is 2.86 bits per heavy atom. The molecule has 0 radical (unpaired) electrons. The summed E-state index contributed by atoms with van der Waals surface area (Å²) in [7, 11) is 0. The molecule has 1 unspecified atom stereocenters. The maximum absolute atomic E-state index is 4.04. The maximum Gasteiger partial charge on any atom is 0.0660 e. The van der Waals surface area contributed by atoms with E-state index in [4.69, 9.17) is 0 Å². The van der Waals surface area contributed by atoms with Gasteiger partial charge in [-0.1, -0.05) is 6.07 Å². The molecule has 1 aromatic carbocycles. The van der Waals surface area contributed by atoms with Gasteiger partial charge in [0, 0.05) is 29.2 Å². The summed E-state index contributed by atoms with van der Waals surface area (Å²) in [5, 5.41) is 11.9. The average molecular weight is 347 g/mol. The third-order valence-electron chi connectivity index (χ3n) is 4.04. The normalized spacial score (nSPS) is 13.0. The zero-order chi connectivity index (χ0) is 15.0. The highest BCUT2D eigenvalue weighted by atomic mass is 79.9. The molecule has 0 spiro atoms. The van der Waals surface area contributed by atoms with Crippen LogP contribution in [0.3, 0.4) is 0 Å². The van der Waals surface area contributed by atoms with Gasteiger partial charge in [0.15, 0.2) is 0 Å². The van der Waals surface area contributed by atoms with Gasteiger partial charge in [0.2, 0.25) is 0 Å². The lowest BCUT2D eigenvalue weighted by atomic mass is 10.1. The number of halogens is 1. The largest absolute Gasteiger partial charge is 0.358 e. The summed E-state index contributed by atoms with van der Waals surface area (Å²) in [5.41, 5.74) is 6.14. The fourth-order valence-electron chi connectivity index (χ4n) is 2.58. The minimum atomic E-state index is 0.214. The molecule has 0 amide bonds. The molecule has 3 N–H and O–H groups in total. The van der Waals surface area contributed by atoms with Crippen molar-refractivity contribution in [2.24, 2.45) is 0 Å². The van der Waals surface area contributed by atoms with E-state index < -0.39 is 0 Å². The molecule has 0 aliphatic carbocycles. The van der Waals surface area contributed by atoms with E-state index in [9.17, 15) is 0 Å². The van der Waals surface area contributed by atoms with Gasteiger partial charge in [0.1, 0.15) is 0 Å². The highest BCUT2D eigenvalue weighted by Gasteiger charge is 2.11. The molecule has 0 saturated carbocycles. The average Bonchev–Trinajstić information content (AvgIpc) is 3.01. The monoisotopic (exact) mass is 346 g/mol. The van der Waals surface area contributed by atoms with Crippen LogP contribution in [0, 0.1) is 13.8 Å². The van der Waals surface area contributed by atoms with Crippen LogP contribution in [-0.4, -0.2) is 15.2 Å². The first-order valence-corrected chi connectivity index (χ1v) is 7.85. The molecule has 21 heavy (non-hydrogen) atoms. The lowest BCUT2D eigenvalue weighted by Crippen LogP contribution is -2.18. The van der Waals surface area contributed by atoms with Gasteiger partial charge in [-0.25, -0.2) is 0 Å². The Morgan fingerprint density at radius 1 is 1.33 bits per heavy atom. The van der Waals surface area contributed by atoms with Gasteiger partial charge in [0.25, 0.3) is 0 Å². The number of rotatable bonds is 4. The second-order valence-electron chi connectivity index (χ2n) is 5.49. The van der Waals surface area contributed by atoms with Crippen molar-refractivity contribution in [2.75, 3.05) is 0 Å². The van der Waals surface area contributed by atoms with E-state index in [-0.39, 0.29) is 6.04 Å². The van der Waals surface area contributed by atoms with Gasteiger partial charge in [-0.05, 0) is 60.0 Å². The fraction of sp³-hybridized carbons (Fsp3) is 0.312. The number of nitrogens with one attached hydrogen (secondary N) is 3. The summed E-state index contributed by atoms with van der Waals surface area (Å²) in [5.74, 6) is 0. The van der Waals surface area contributed by atoms with Crippen LogP contribution in [0.2, 0.25) is 0 Å². The van der Waals surface area contributed by atoms with Crippen LogP contribution in [-0.2, 0) is 6.54 Å².